The third kappa shape index (κ3) is 7.55. The zero-order valence-corrected chi connectivity index (χ0v) is 20.1. The first kappa shape index (κ1) is 24.1. The number of rotatable bonds is 7. The van der Waals surface area contributed by atoms with Crippen LogP contribution < -0.4 is 15.5 Å². The van der Waals surface area contributed by atoms with Crippen molar-refractivity contribution >= 4 is 35.8 Å². The second-order valence-corrected chi connectivity index (χ2v) is 8.12. The third-order valence-electron chi connectivity index (χ3n) is 5.86. The molecule has 8 heteroatoms. The van der Waals surface area contributed by atoms with E-state index in [-0.39, 0.29) is 35.8 Å². The minimum absolute atomic E-state index is 0. The lowest BCUT2D eigenvalue weighted by atomic mass is 9.99. The molecule has 3 rings (SSSR count). The Hall–Kier alpha value is -1.16. The highest BCUT2D eigenvalue weighted by Gasteiger charge is 2.25. The fourth-order valence-electron chi connectivity index (χ4n) is 4.02. The molecule has 2 aliphatic rings. The predicted molar refractivity (Wildman–Crippen MR) is 129 cm³/mol. The van der Waals surface area contributed by atoms with E-state index in [0.717, 1.165) is 44.4 Å². The highest BCUT2D eigenvalue weighted by molar-refractivity contribution is 14.0. The van der Waals surface area contributed by atoms with Gasteiger partial charge in [-0.1, -0.05) is 6.92 Å². The van der Waals surface area contributed by atoms with Crippen molar-refractivity contribution in [3.8, 4) is 0 Å². The van der Waals surface area contributed by atoms with Gasteiger partial charge in [-0.3, -0.25) is 4.99 Å². The molecule has 0 aliphatic carbocycles. The second kappa shape index (κ2) is 12.5. The number of aliphatic imine (C=N–C) groups is 1. The van der Waals surface area contributed by atoms with Crippen LogP contribution in [-0.4, -0.2) is 68.2 Å². The molecule has 1 aromatic rings. The fraction of sp³-hybridized carbons (Fsp3) is 0.714. The zero-order chi connectivity index (χ0) is 19.8. The third-order valence-corrected chi connectivity index (χ3v) is 5.86. The summed E-state index contributed by atoms with van der Waals surface area (Å²) in [7, 11) is 1.80. The second-order valence-electron chi connectivity index (χ2n) is 8.12. The molecule has 0 radical (unpaired) electrons. The molecule has 6 nitrogen and oxygen atoms in total. The largest absolute Gasteiger partial charge is 0.356 e. The van der Waals surface area contributed by atoms with Crippen LogP contribution in [0, 0.1) is 11.7 Å². The number of unbranched alkanes of at least 4 members (excludes halogenated alkanes) is 1. The van der Waals surface area contributed by atoms with Gasteiger partial charge in [0, 0.05) is 38.9 Å². The molecule has 0 amide bonds. The number of anilines is 1. The van der Waals surface area contributed by atoms with E-state index in [9.17, 15) is 4.39 Å². The smallest absolute Gasteiger partial charge is 0.191 e. The quantitative estimate of drug-likeness (QED) is 0.252. The molecule has 1 atom stereocenters. The number of nitrogens with one attached hydrogen (secondary N) is 2. The van der Waals surface area contributed by atoms with Crippen molar-refractivity contribution in [2.75, 3.05) is 51.2 Å². The highest BCUT2D eigenvalue weighted by Crippen LogP contribution is 2.20. The van der Waals surface area contributed by atoms with E-state index in [1.165, 1.54) is 45.0 Å². The van der Waals surface area contributed by atoms with Crippen LogP contribution in [0.5, 0.6) is 0 Å². The Bertz CT molecular complexity index is 635. The molecule has 0 spiro atoms. The molecule has 2 saturated heterocycles. The summed E-state index contributed by atoms with van der Waals surface area (Å²) >= 11 is 0. The Morgan fingerprint density at radius 3 is 2.76 bits per heavy atom. The summed E-state index contributed by atoms with van der Waals surface area (Å²) in [4.78, 5) is 13.1. The van der Waals surface area contributed by atoms with Crippen molar-refractivity contribution in [1.29, 1.82) is 0 Å². The minimum atomic E-state index is -0.256. The van der Waals surface area contributed by atoms with E-state index in [1.54, 1.807) is 19.3 Å². The topological polar surface area (TPSA) is 55.8 Å². The standard InChI is InChI=1S/C21H35FN6.HI/c1-17-7-13-27(14-8-17)12-4-3-10-25-21(23-2)26-18-9-15-28(16-18)20-19(22)6-5-11-24-20;/h5-6,11,17-18H,3-4,7-10,12-16H2,1-2H3,(H2,23,25,26);1H. The number of nitrogens with zero attached hydrogens (tertiary/aromatic N) is 4. The normalized spacial score (nSPS) is 21.1. The van der Waals surface area contributed by atoms with Crippen LogP contribution in [0.25, 0.3) is 0 Å². The Labute approximate surface area is 191 Å². The number of hydrogen-bond acceptors (Lipinski definition) is 4. The molecule has 29 heavy (non-hydrogen) atoms. The molecule has 3 heterocycles. The molecule has 2 N–H and O–H groups in total. The van der Waals surface area contributed by atoms with Crippen LogP contribution in [0.1, 0.15) is 39.0 Å². The van der Waals surface area contributed by atoms with Crippen LogP contribution >= 0.6 is 24.0 Å². The molecule has 0 saturated carbocycles. The molecule has 0 aromatic carbocycles. The number of halogens is 2. The number of likely N-dealkylation sites (tertiary alicyclic amines) is 1. The van der Waals surface area contributed by atoms with E-state index in [4.69, 9.17) is 0 Å². The Balaban J connectivity index is 0.00000300. The van der Waals surface area contributed by atoms with Gasteiger partial charge in [0.2, 0.25) is 0 Å². The highest BCUT2D eigenvalue weighted by atomic mass is 127. The first-order valence-electron chi connectivity index (χ1n) is 10.7. The summed E-state index contributed by atoms with van der Waals surface area (Å²) in [5, 5.41) is 6.89. The van der Waals surface area contributed by atoms with Gasteiger partial charge in [-0.15, -0.1) is 24.0 Å². The number of hydrogen-bond donors (Lipinski definition) is 2. The van der Waals surface area contributed by atoms with Crippen molar-refractivity contribution in [3.05, 3.63) is 24.1 Å². The van der Waals surface area contributed by atoms with E-state index in [0.29, 0.717) is 5.82 Å². The summed E-state index contributed by atoms with van der Waals surface area (Å²) in [6.07, 6.45) is 7.64. The summed E-state index contributed by atoms with van der Waals surface area (Å²) in [6.45, 7) is 8.54. The molecule has 164 valence electrons. The van der Waals surface area contributed by atoms with Crippen LogP contribution in [0.15, 0.2) is 23.3 Å². The zero-order valence-electron chi connectivity index (χ0n) is 17.7. The lowest BCUT2D eigenvalue weighted by molar-refractivity contribution is 0.189. The first-order chi connectivity index (χ1) is 13.7. The van der Waals surface area contributed by atoms with Gasteiger partial charge in [-0.2, -0.15) is 0 Å². The van der Waals surface area contributed by atoms with E-state index in [2.05, 4.69) is 32.4 Å². The predicted octanol–water partition coefficient (Wildman–Crippen LogP) is 3.09. The lowest BCUT2D eigenvalue weighted by Gasteiger charge is -2.30. The van der Waals surface area contributed by atoms with Crippen molar-refractivity contribution in [2.45, 2.75) is 45.1 Å². The molecule has 0 bridgehead atoms. The van der Waals surface area contributed by atoms with Gasteiger partial charge in [0.25, 0.3) is 0 Å². The molecular weight excluding hydrogens is 482 g/mol. The van der Waals surface area contributed by atoms with Crippen LogP contribution in [0.2, 0.25) is 0 Å². The maximum Gasteiger partial charge on any atom is 0.191 e. The number of guanidine groups is 1. The molecule has 2 fully saturated rings. The van der Waals surface area contributed by atoms with Crippen molar-refractivity contribution in [2.24, 2.45) is 10.9 Å². The fourth-order valence-corrected chi connectivity index (χ4v) is 4.02. The van der Waals surface area contributed by atoms with Gasteiger partial charge in [-0.05, 0) is 69.8 Å². The Morgan fingerprint density at radius 1 is 1.24 bits per heavy atom. The number of pyridine rings is 1. The Kier molecular flexibility index (Phi) is 10.4. The van der Waals surface area contributed by atoms with Gasteiger partial charge in [0.1, 0.15) is 0 Å². The average Bonchev–Trinajstić information content (AvgIpc) is 3.17. The molecule has 1 unspecified atom stereocenters. The maximum atomic E-state index is 13.9. The Morgan fingerprint density at radius 2 is 2.03 bits per heavy atom. The summed E-state index contributed by atoms with van der Waals surface area (Å²) in [5.74, 6) is 1.92. The van der Waals surface area contributed by atoms with E-state index in [1.807, 2.05) is 4.90 Å². The van der Waals surface area contributed by atoms with Gasteiger partial charge >= 0.3 is 0 Å². The number of piperidine rings is 1. The molecule has 2 aliphatic heterocycles. The summed E-state index contributed by atoms with van der Waals surface area (Å²) in [6, 6.07) is 3.35. The SMILES string of the molecule is CN=C(NCCCCN1CCC(C)CC1)NC1CCN(c2ncccc2F)C1.I. The van der Waals surface area contributed by atoms with Crippen LogP contribution in [-0.2, 0) is 0 Å². The van der Waals surface area contributed by atoms with Gasteiger partial charge in [0.15, 0.2) is 17.6 Å². The van der Waals surface area contributed by atoms with E-state index < -0.39 is 0 Å². The van der Waals surface area contributed by atoms with Gasteiger partial charge in [0.05, 0.1) is 0 Å². The monoisotopic (exact) mass is 518 g/mol. The van der Waals surface area contributed by atoms with Crippen molar-refractivity contribution in [3.63, 3.8) is 0 Å². The van der Waals surface area contributed by atoms with E-state index >= 15 is 0 Å². The summed E-state index contributed by atoms with van der Waals surface area (Å²) < 4.78 is 13.9. The molecular formula is C21H36FIN6. The van der Waals surface area contributed by atoms with Crippen LogP contribution in [0.3, 0.4) is 0 Å². The van der Waals surface area contributed by atoms with Gasteiger partial charge < -0.3 is 20.4 Å². The maximum absolute atomic E-state index is 13.9. The van der Waals surface area contributed by atoms with Crippen LogP contribution in [0.4, 0.5) is 10.2 Å². The van der Waals surface area contributed by atoms with Gasteiger partial charge in [-0.25, -0.2) is 9.37 Å². The lowest BCUT2D eigenvalue weighted by Crippen LogP contribution is -2.45. The minimum Gasteiger partial charge on any atom is -0.356 e. The first-order valence-corrected chi connectivity index (χ1v) is 10.7. The molecule has 1 aromatic heterocycles. The summed E-state index contributed by atoms with van der Waals surface area (Å²) in [5.41, 5.74) is 0. The van der Waals surface area contributed by atoms with Crippen molar-refractivity contribution < 1.29 is 4.39 Å². The van der Waals surface area contributed by atoms with Crippen molar-refractivity contribution in [1.82, 2.24) is 20.5 Å². The number of aromatic nitrogens is 1. The average molecular weight is 518 g/mol.